The number of unbranched alkanes of at least 4 members (excludes halogenated alkanes) is 2. The molecule has 0 spiro atoms. The molecular formula is C14H19F3O. The van der Waals surface area contributed by atoms with Crippen molar-refractivity contribution in [1.82, 2.24) is 0 Å². The van der Waals surface area contributed by atoms with Gasteiger partial charge in [-0.15, -0.1) is 0 Å². The van der Waals surface area contributed by atoms with Gasteiger partial charge >= 0.3 is 6.18 Å². The summed E-state index contributed by atoms with van der Waals surface area (Å²) >= 11 is 0. The smallest absolute Gasteiger partial charge is 0.388 e. The second-order valence-corrected chi connectivity index (χ2v) is 4.58. The van der Waals surface area contributed by atoms with Gasteiger partial charge in [-0.05, 0) is 36.6 Å². The molecular weight excluding hydrogens is 241 g/mol. The third-order valence-electron chi connectivity index (χ3n) is 3.04. The quantitative estimate of drug-likeness (QED) is 0.765. The summed E-state index contributed by atoms with van der Waals surface area (Å²) in [7, 11) is 0. The fraction of sp³-hybridized carbons (Fsp3) is 0.571. The van der Waals surface area contributed by atoms with Crippen molar-refractivity contribution >= 4 is 0 Å². The number of hydrogen-bond acceptors (Lipinski definition) is 1. The Morgan fingerprint density at radius 2 is 1.89 bits per heavy atom. The molecule has 0 bridgehead atoms. The van der Waals surface area contributed by atoms with E-state index in [0.29, 0.717) is 17.5 Å². The van der Waals surface area contributed by atoms with E-state index in [2.05, 4.69) is 6.92 Å². The molecule has 0 aliphatic rings. The molecule has 102 valence electrons. The molecule has 0 fully saturated rings. The minimum atomic E-state index is -4.32. The Kier molecular flexibility index (Phi) is 5.20. The molecule has 1 N–H and O–H groups in total. The fourth-order valence-corrected chi connectivity index (χ4v) is 1.97. The van der Waals surface area contributed by atoms with Gasteiger partial charge in [-0.25, -0.2) is 0 Å². The average molecular weight is 260 g/mol. The highest BCUT2D eigenvalue weighted by Crippen LogP contribution is 2.32. The average Bonchev–Trinajstić information content (AvgIpc) is 2.27. The minimum absolute atomic E-state index is 0.494. The van der Waals surface area contributed by atoms with E-state index in [1.54, 1.807) is 6.92 Å². The molecule has 1 aromatic carbocycles. The molecule has 0 saturated carbocycles. The van der Waals surface area contributed by atoms with Crippen molar-refractivity contribution in [2.24, 2.45) is 0 Å². The second-order valence-electron chi connectivity index (χ2n) is 4.58. The maximum absolute atomic E-state index is 12.5. The summed E-state index contributed by atoms with van der Waals surface area (Å²) in [5.41, 5.74) is 0.428. The van der Waals surface area contributed by atoms with Gasteiger partial charge in [0.15, 0.2) is 0 Å². The number of rotatable bonds is 5. The van der Waals surface area contributed by atoms with Crippen LogP contribution < -0.4 is 0 Å². The van der Waals surface area contributed by atoms with Crippen LogP contribution in [-0.4, -0.2) is 5.11 Å². The standard InChI is InChI=1S/C14H19F3O/c1-3-4-5-6-13(18)12-8-7-11(9-10(12)2)14(15,16)17/h7-9,13,18H,3-6H2,1-2H3. The number of aryl methyl sites for hydroxylation is 1. The SMILES string of the molecule is CCCCCC(O)c1ccc(C(F)(F)F)cc1C. The molecule has 4 heteroatoms. The van der Waals surface area contributed by atoms with Crippen molar-refractivity contribution in [2.75, 3.05) is 0 Å². The molecule has 0 aromatic heterocycles. The Morgan fingerprint density at radius 3 is 2.39 bits per heavy atom. The summed E-state index contributed by atoms with van der Waals surface area (Å²) in [6, 6.07) is 3.51. The van der Waals surface area contributed by atoms with Crippen molar-refractivity contribution in [1.29, 1.82) is 0 Å². The predicted molar refractivity (Wildman–Crippen MR) is 65.3 cm³/mol. The van der Waals surface area contributed by atoms with Gasteiger partial charge < -0.3 is 5.11 Å². The zero-order valence-electron chi connectivity index (χ0n) is 10.7. The lowest BCUT2D eigenvalue weighted by Crippen LogP contribution is -2.07. The lowest BCUT2D eigenvalue weighted by Gasteiger charge is -2.15. The number of aliphatic hydroxyl groups is 1. The summed E-state index contributed by atoms with van der Waals surface area (Å²) in [5.74, 6) is 0. The molecule has 1 aromatic rings. The van der Waals surface area contributed by atoms with Crippen LogP contribution in [0.25, 0.3) is 0 Å². The van der Waals surface area contributed by atoms with Crippen molar-refractivity contribution < 1.29 is 18.3 Å². The highest BCUT2D eigenvalue weighted by molar-refractivity contribution is 5.33. The van der Waals surface area contributed by atoms with Crippen LogP contribution in [0, 0.1) is 6.92 Å². The monoisotopic (exact) mass is 260 g/mol. The van der Waals surface area contributed by atoms with Gasteiger partial charge in [0, 0.05) is 0 Å². The molecule has 1 nitrogen and oxygen atoms in total. The Labute approximate surface area is 106 Å². The Hall–Kier alpha value is -1.03. The van der Waals surface area contributed by atoms with Gasteiger partial charge in [-0.2, -0.15) is 13.2 Å². The van der Waals surface area contributed by atoms with Crippen molar-refractivity contribution in [2.45, 2.75) is 51.8 Å². The summed E-state index contributed by atoms with van der Waals surface area (Å²) in [4.78, 5) is 0. The van der Waals surface area contributed by atoms with Gasteiger partial charge in [-0.1, -0.05) is 32.3 Å². The van der Waals surface area contributed by atoms with E-state index in [9.17, 15) is 18.3 Å². The topological polar surface area (TPSA) is 20.2 Å². The molecule has 1 atom stereocenters. The zero-order valence-corrected chi connectivity index (χ0v) is 10.7. The van der Waals surface area contributed by atoms with Gasteiger partial charge in [0.2, 0.25) is 0 Å². The summed E-state index contributed by atoms with van der Waals surface area (Å²) in [6.07, 6.45) is -1.43. The van der Waals surface area contributed by atoms with Crippen LogP contribution in [0.2, 0.25) is 0 Å². The molecule has 0 heterocycles. The fourth-order valence-electron chi connectivity index (χ4n) is 1.97. The van der Waals surface area contributed by atoms with Gasteiger partial charge in [0.25, 0.3) is 0 Å². The highest BCUT2D eigenvalue weighted by atomic mass is 19.4. The Bertz CT molecular complexity index is 385. The van der Waals surface area contributed by atoms with Crippen LogP contribution >= 0.6 is 0 Å². The van der Waals surface area contributed by atoms with Crippen LogP contribution in [0.3, 0.4) is 0 Å². The first-order valence-electron chi connectivity index (χ1n) is 6.22. The van der Waals surface area contributed by atoms with Crippen LogP contribution in [-0.2, 0) is 6.18 Å². The number of halogens is 3. The van der Waals surface area contributed by atoms with Crippen LogP contribution in [0.1, 0.15) is 55.4 Å². The third-order valence-corrected chi connectivity index (χ3v) is 3.04. The third kappa shape index (κ3) is 4.02. The van der Waals surface area contributed by atoms with Crippen molar-refractivity contribution in [3.63, 3.8) is 0 Å². The number of aliphatic hydroxyl groups excluding tert-OH is 1. The molecule has 1 rings (SSSR count). The van der Waals surface area contributed by atoms with Crippen molar-refractivity contribution in [3.8, 4) is 0 Å². The zero-order chi connectivity index (χ0) is 13.8. The Morgan fingerprint density at radius 1 is 1.22 bits per heavy atom. The first-order valence-corrected chi connectivity index (χ1v) is 6.22. The van der Waals surface area contributed by atoms with Gasteiger partial charge in [-0.3, -0.25) is 0 Å². The Balaban J connectivity index is 2.79. The van der Waals surface area contributed by atoms with E-state index >= 15 is 0 Å². The molecule has 0 aliphatic carbocycles. The molecule has 0 amide bonds. The van der Waals surface area contributed by atoms with Gasteiger partial charge in [0.1, 0.15) is 0 Å². The maximum atomic E-state index is 12.5. The number of hydrogen-bond donors (Lipinski definition) is 1. The van der Waals surface area contributed by atoms with E-state index in [1.165, 1.54) is 6.07 Å². The largest absolute Gasteiger partial charge is 0.416 e. The van der Waals surface area contributed by atoms with Crippen LogP contribution in [0.15, 0.2) is 18.2 Å². The van der Waals surface area contributed by atoms with Gasteiger partial charge in [0.05, 0.1) is 11.7 Å². The van der Waals surface area contributed by atoms with Crippen LogP contribution in [0.5, 0.6) is 0 Å². The molecule has 0 radical (unpaired) electrons. The normalized spacial score (nSPS) is 13.7. The first-order chi connectivity index (χ1) is 8.36. The second kappa shape index (κ2) is 6.23. The molecule has 0 saturated heterocycles. The van der Waals surface area contributed by atoms with E-state index in [-0.39, 0.29) is 0 Å². The van der Waals surface area contributed by atoms with Crippen molar-refractivity contribution in [3.05, 3.63) is 34.9 Å². The molecule has 0 aliphatic heterocycles. The summed E-state index contributed by atoms with van der Waals surface area (Å²) in [5, 5.41) is 9.94. The van der Waals surface area contributed by atoms with Crippen LogP contribution in [0.4, 0.5) is 13.2 Å². The minimum Gasteiger partial charge on any atom is -0.388 e. The van der Waals surface area contributed by atoms with E-state index < -0.39 is 17.8 Å². The van der Waals surface area contributed by atoms with E-state index in [4.69, 9.17) is 0 Å². The highest BCUT2D eigenvalue weighted by Gasteiger charge is 2.30. The molecule has 18 heavy (non-hydrogen) atoms. The summed E-state index contributed by atoms with van der Waals surface area (Å²) in [6.45, 7) is 3.67. The van der Waals surface area contributed by atoms with E-state index in [0.717, 1.165) is 31.4 Å². The lowest BCUT2D eigenvalue weighted by molar-refractivity contribution is -0.137. The molecule has 1 unspecified atom stereocenters. The number of alkyl halides is 3. The lowest BCUT2D eigenvalue weighted by atomic mass is 9.97. The summed E-state index contributed by atoms with van der Waals surface area (Å²) < 4.78 is 37.5. The first kappa shape index (κ1) is 15.0. The maximum Gasteiger partial charge on any atom is 0.416 e. The predicted octanol–water partition coefficient (Wildman–Crippen LogP) is 4.63. The van der Waals surface area contributed by atoms with E-state index in [1.807, 2.05) is 0 Å². The number of benzene rings is 1.